The van der Waals surface area contributed by atoms with Gasteiger partial charge in [0.1, 0.15) is 5.69 Å². The number of aromatic carboxylic acids is 1. The van der Waals surface area contributed by atoms with Crippen LogP contribution in [0.5, 0.6) is 0 Å². The number of hydrogen-bond acceptors (Lipinski definition) is 5. The molecule has 0 saturated carbocycles. The molecule has 2 N–H and O–H groups in total. The Morgan fingerprint density at radius 1 is 1.31 bits per heavy atom. The first-order valence-corrected chi connectivity index (χ1v) is 7.89. The number of carbonyl (C=O) groups is 2. The lowest BCUT2D eigenvalue weighted by Crippen LogP contribution is -2.20. The Hall–Kier alpha value is -3.49. The second kappa shape index (κ2) is 6.79. The number of aryl methyl sites for hydroxylation is 2. The van der Waals surface area contributed by atoms with E-state index in [2.05, 4.69) is 20.4 Å². The Bertz CT molecular complexity index is 969. The Kier molecular flexibility index (Phi) is 4.53. The van der Waals surface area contributed by atoms with E-state index < -0.39 is 5.97 Å². The van der Waals surface area contributed by atoms with Crippen molar-refractivity contribution >= 4 is 11.9 Å². The molecule has 0 radical (unpaired) electrons. The molecule has 0 aliphatic heterocycles. The van der Waals surface area contributed by atoms with Crippen LogP contribution in [0.1, 0.15) is 21.9 Å². The standard InChI is InChI=1S/C17H18N6O3/c1-10-15(22(3)9-19-10)16-20-13(8-14(24)18-2)21-23(16)12-6-4-5-11(7-12)17(25)26/h4-7,9H,8H2,1-3H3,(H,18,24)(H,25,26). The van der Waals surface area contributed by atoms with Gasteiger partial charge in [-0.15, -0.1) is 0 Å². The average molecular weight is 354 g/mol. The van der Waals surface area contributed by atoms with Crippen LogP contribution >= 0.6 is 0 Å². The number of amides is 1. The Balaban J connectivity index is 2.18. The summed E-state index contributed by atoms with van der Waals surface area (Å²) in [4.78, 5) is 31.8. The van der Waals surface area contributed by atoms with Gasteiger partial charge in [-0.2, -0.15) is 5.10 Å². The van der Waals surface area contributed by atoms with Crippen LogP contribution in [-0.2, 0) is 18.3 Å². The minimum atomic E-state index is -1.03. The van der Waals surface area contributed by atoms with Gasteiger partial charge in [0.2, 0.25) is 5.91 Å². The monoisotopic (exact) mass is 354 g/mol. The molecule has 0 atom stereocenters. The molecule has 0 saturated heterocycles. The Labute approximate surface area is 149 Å². The number of carbonyl (C=O) groups excluding carboxylic acids is 1. The van der Waals surface area contributed by atoms with Crippen molar-refractivity contribution in [3.63, 3.8) is 0 Å². The number of imidazole rings is 1. The molecule has 0 spiro atoms. The molecule has 3 aromatic rings. The van der Waals surface area contributed by atoms with Crippen molar-refractivity contribution in [3.05, 3.63) is 47.7 Å². The molecular weight excluding hydrogens is 336 g/mol. The van der Waals surface area contributed by atoms with Gasteiger partial charge in [0.05, 0.1) is 29.7 Å². The number of nitrogens with zero attached hydrogens (tertiary/aromatic N) is 5. The molecule has 1 aromatic carbocycles. The lowest BCUT2D eigenvalue weighted by atomic mass is 10.2. The number of rotatable bonds is 5. The summed E-state index contributed by atoms with van der Waals surface area (Å²) in [5.41, 5.74) is 2.16. The lowest BCUT2D eigenvalue weighted by Gasteiger charge is -2.08. The van der Waals surface area contributed by atoms with Crippen LogP contribution in [0.25, 0.3) is 17.2 Å². The van der Waals surface area contributed by atoms with E-state index in [4.69, 9.17) is 0 Å². The molecule has 9 nitrogen and oxygen atoms in total. The SMILES string of the molecule is CNC(=O)Cc1nc(-c2c(C)ncn2C)n(-c2cccc(C(=O)O)c2)n1. The molecule has 0 aliphatic carbocycles. The van der Waals surface area contributed by atoms with Crippen LogP contribution in [0.2, 0.25) is 0 Å². The zero-order valence-corrected chi connectivity index (χ0v) is 14.6. The van der Waals surface area contributed by atoms with Crippen molar-refractivity contribution in [1.29, 1.82) is 0 Å². The summed E-state index contributed by atoms with van der Waals surface area (Å²) in [5, 5.41) is 16.2. The first-order chi connectivity index (χ1) is 12.4. The number of aromatic nitrogens is 5. The van der Waals surface area contributed by atoms with Gasteiger partial charge in [-0.05, 0) is 25.1 Å². The smallest absolute Gasteiger partial charge is 0.335 e. The van der Waals surface area contributed by atoms with Crippen LogP contribution in [0.15, 0.2) is 30.6 Å². The molecule has 0 aliphatic rings. The normalized spacial score (nSPS) is 10.7. The van der Waals surface area contributed by atoms with E-state index in [1.807, 2.05) is 14.0 Å². The average Bonchev–Trinajstić information content (AvgIpc) is 3.17. The summed E-state index contributed by atoms with van der Waals surface area (Å²) in [5.74, 6) is -0.421. The van der Waals surface area contributed by atoms with E-state index >= 15 is 0 Å². The summed E-state index contributed by atoms with van der Waals surface area (Å²) < 4.78 is 3.34. The zero-order chi connectivity index (χ0) is 18.8. The Morgan fingerprint density at radius 2 is 2.08 bits per heavy atom. The Morgan fingerprint density at radius 3 is 2.69 bits per heavy atom. The van der Waals surface area contributed by atoms with Crippen molar-refractivity contribution in [3.8, 4) is 17.2 Å². The van der Waals surface area contributed by atoms with Crippen LogP contribution in [0.3, 0.4) is 0 Å². The predicted molar refractivity (Wildman–Crippen MR) is 93.0 cm³/mol. The number of benzene rings is 1. The van der Waals surface area contributed by atoms with Gasteiger partial charge < -0.3 is 15.0 Å². The molecular formula is C17H18N6O3. The number of nitrogens with one attached hydrogen (secondary N) is 1. The van der Waals surface area contributed by atoms with E-state index in [1.54, 1.807) is 30.1 Å². The molecule has 0 fully saturated rings. The number of carboxylic acid groups (broad SMARTS) is 1. The summed E-state index contributed by atoms with van der Waals surface area (Å²) >= 11 is 0. The second-order valence-electron chi connectivity index (χ2n) is 5.76. The summed E-state index contributed by atoms with van der Waals surface area (Å²) in [6.45, 7) is 1.85. The maximum absolute atomic E-state index is 11.7. The number of carboxylic acids is 1. The van der Waals surface area contributed by atoms with E-state index in [9.17, 15) is 14.7 Å². The fraction of sp³-hybridized carbons (Fsp3) is 0.235. The van der Waals surface area contributed by atoms with Crippen molar-refractivity contribution < 1.29 is 14.7 Å². The first-order valence-electron chi connectivity index (χ1n) is 7.89. The maximum Gasteiger partial charge on any atom is 0.335 e. The van der Waals surface area contributed by atoms with Crippen LogP contribution in [0, 0.1) is 6.92 Å². The van der Waals surface area contributed by atoms with E-state index in [0.717, 1.165) is 11.4 Å². The van der Waals surface area contributed by atoms with Gasteiger partial charge in [0.25, 0.3) is 0 Å². The lowest BCUT2D eigenvalue weighted by molar-refractivity contribution is -0.120. The van der Waals surface area contributed by atoms with Gasteiger partial charge in [-0.25, -0.2) is 19.4 Å². The van der Waals surface area contributed by atoms with Crippen LogP contribution in [-0.4, -0.2) is 48.3 Å². The van der Waals surface area contributed by atoms with Gasteiger partial charge in [-0.1, -0.05) is 6.07 Å². The van der Waals surface area contributed by atoms with E-state index in [-0.39, 0.29) is 17.9 Å². The van der Waals surface area contributed by atoms with E-state index in [0.29, 0.717) is 17.3 Å². The third-order valence-corrected chi connectivity index (χ3v) is 3.92. The van der Waals surface area contributed by atoms with Gasteiger partial charge in [0.15, 0.2) is 11.6 Å². The highest BCUT2D eigenvalue weighted by Crippen LogP contribution is 2.24. The highest BCUT2D eigenvalue weighted by molar-refractivity contribution is 5.88. The maximum atomic E-state index is 11.7. The zero-order valence-electron chi connectivity index (χ0n) is 14.6. The molecule has 26 heavy (non-hydrogen) atoms. The molecule has 2 heterocycles. The second-order valence-corrected chi connectivity index (χ2v) is 5.76. The quantitative estimate of drug-likeness (QED) is 0.705. The van der Waals surface area contributed by atoms with Crippen LogP contribution in [0.4, 0.5) is 0 Å². The molecule has 0 unspecified atom stereocenters. The number of hydrogen-bond donors (Lipinski definition) is 2. The molecule has 9 heteroatoms. The topological polar surface area (TPSA) is 115 Å². The predicted octanol–water partition coefficient (Wildman–Crippen LogP) is 0.963. The van der Waals surface area contributed by atoms with Crippen molar-refractivity contribution in [2.45, 2.75) is 13.3 Å². The fourth-order valence-electron chi connectivity index (χ4n) is 2.63. The van der Waals surface area contributed by atoms with E-state index in [1.165, 1.54) is 16.8 Å². The highest BCUT2D eigenvalue weighted by Gasteiger charge is 2.20. The number of likely N-dealkylation sites (N-methyl/N-ethyl adjacent to an activating group) is 1. The van der Waals surface area contributed by atoms with Crippen molar-refractivity contribution in [2.24, 2.45) is 7.05 Å². The minimum absolute atomic E-state index is 0.0199. The van der Waals surface area contributed by atoms with Crippen LogP contribution < -0.4 is 5.32 Å². The molecule has 1 amide bonds. The van der Waals surface area contributed by atoms with Gasteiger partial charge in [0, 0.05) is 14.1 Å². The molecule has 3 rings (SSSR count). The molecule has 134 valence electrons. The fourth-order valence-corrected chi connectivity index (χ4v) is 2.63. The molecule has 0 bridgehead atoms. The highest BCUT2D eigenvalue weighted by atomic mass is 16.4. The van der Waals surface area contributed by atoms with Crippen molar-refractivity contribution in [2.75, 3.05) is 7.05 Å². The third kappa shape index (κ3) is 3.18. The first kappa shape index (κ1) is 17.3. The minimum Gasteiger partial charge on any atom is -0.478 e. The summed E-state index contributed by atoms with van der Waals surface area (Å²) in [6.07, 6.45) is 1.68. The summed E-state index contributed by atoms with van der Waals surface area (Å²) in [6, 6.07) is 6.39. The van der Waals surface area contributed by atoms with Crippen molar-refractivity contribution in [1.82, 2.24) is 29.6 Å². The third-order valence-electron chi connectivity index (χ3n) is 3.92. The summed E-state index contributed by atoms with van der Waals surface area (Å²) in [7, 11) is 3.38. The largest absolute Gasteiger partial charge is 0.478 e. The van der Waals surface area contributed by atoms with Gasteiger partial charge >= 0.3 is 5.97 Å². The molecule has 2 aromatic heterocycles. The van der Waals surface area contributed by atoms with Gasteiger partial charge in [-0.3, -0.25) is 4.79 Å².